The SMILES string of the molecule is COc1cccc(C2C(c3ccccn3)N=C3SC(C)CN32)c1OC(C)C. The van der Waals surface area contributed by atoms with Gasteiger partial charge in [-0.1, -0.05) is 36.9 Å². The lowest BCUT2D eigenvalue weighted by atomic mass is 9.95. The van der Waals surface area contributed by atoms with Crippen molar-refractivity contribution in [1.82, 2.24) is 9.88 Å². The Kier molecular flexibility index (Phi) is 5.00. The van der Waals surface area contributed by atoms with E-state index in [-0.39, 0.29) is 18.2 Å². The minimum Gasteiger partial charge on any atom is -0.493 e. The zero-order valence-corrected chi connectivity index (χ0v) is 16.9. The van der Waals surface area contributed by atoms with Gasteiger partial charge in [-0.3, -0.25) is 9.98 Å². The number of hydrogen-bond donors (Lipinski definition) is 0. The summed E-state index contributed by atoms with van der Waals surface area (Å²) in [6.07, 6.45) is 1.89. The fraction of sp³-hybridized carbons (Fsp3) is 0.429. The Bertz CT molecular complexity index is 841. The number of aromatic nitrogens is 1. The number of ether oxygens (including phenoxy) is 2. The highest BCUT2D eigenvalue weighted by Crippen LogP contribution is 2.51. The van der Waals surface area contributed by atoms with E-state index in [2.05, 4.69) is 28.9 Å². The van der Waals surface area contributed by atoms with E-state index < -0.39 is 0 Å². The van der Waals surface area contributed by atoms with Crippen LogP contribution in [0.4, 0.5) is 0 Å². The third kappa shape index (κ3) is 3.38. The second-order valence-corrected chi connectivity index (χ2v) is 8.59. The average molecular weight is 384 g/mol. The molecule has 1 saturated heterocycles. The maximum Gasteiger partial charge on any atom is 0.166 e. The number of nitrogens with zero attached hydrogens (tertiary/aromatic N) is 3. The fourth-order valence-corrected chi connectivity index (χ4v) is 4.84. The molecule has 2 aliphatic heterocycles. The van der Waals surface area contributed by atoms with Gasteiger partial charge in [-0.25, -0.2) is 0 Å². The first-order valence-electron chi connectivity index (χ1n) is 9.34. The maximum atomic E-state index is 6.21. The molecule has 1 fully saturated rings. The monoisotopic (exact) mass is 383 g/mol. The Labute approximate surface area is 164 Å². The molecule has 0 aliphatic carbocycles. The average Bonchev–Trinajstić information content (AvgIpc) is 3.18. The third-order valence-electron chi connectivity index (χ3n) is 4.78. The Morgan fingerprint density at radius 2 is 2.04 bits per heavy atom. The van der Waals surface area contributed by atoms with Crippen molar-refractivity contribution in [2.75, 3.05) is 13.7 Å². The van der Waals surface area contributed by atoms with E-state index in [9.17, 15) is 0 Å². The zero-order valence-electron chi connectivity index (χ0n) is 16.1. The van der Waals surface area contributed by atoms with Gasteiger partial charge in [0.2, 0.25) is 0 Å². The molecule has 0 amide bonds. The summed E-state index contributed by atoms with van der Waals surface area (Å²) >= 11 is 1.84. The summed E-state index contributed by atoms with van der Waals surface area (Å²) in [5.41, 5.74) is 2.09. The van der Waals surface area contributed by atoms with Crippen molar-refractivity contribution in [3.8, 4) is 11.5 Å². The molecule has 0 bridgehead atoms. The molecule has 1 aromatic carbocycles. The lowest BCUT2D eigenvalue weighted by molar-refractivity contribution is 0.218. The summed E-state index contributed by atoms with van der Waals surface area (Å²) in [4.78, 5) is 12.1. The number of thioether (sulfide) groups is 1. The zero-order chi connectivity index (χ0) is 19.0. The summed E-state index contributed by atoms with van der Waals surface area (Å²) < 4.78 is 11.8. The first kappa shape index (κ1) is 18.2. The molecule has 2 aliphatic rings. The van der Waals surface area contributed by atoms with Gasteiger partial charge >= 0.3 is 0 Å². The first-order chi connectivity index (χ1) is 13.1. The molecule has 0 saturated carbocycles. The number of methoxy groups -OCH3 is 1. The summed E-state index contributed by atoms with van der Waals surface area (Å²) in [6.45, 7) is 7.29. The minimum atomic E-state index is -0.0529. The molecule has 4 rings (SSSR count). The van der Waals surface area contributed by atoms with E-state index in [0.29, 0.717) is 5.25 Å². The van der Waals surface area contributed by atoms with Crippen LogP contribution in [0.15, 0.2) is 47.6 Å². The predicted octanol–water partition coefficient (Wildman–Crippen LogP) is 4.47. The molecular weight excluding hydrogens is 358 g/mol. The van der Waals surface area contributed by atoms with E-state index in [1.165, 1.54) is 0 Å². The molecule has 27 heavy (non-hydrogen) atoms. The molecule has 0 N–H and O–H groups in total. The van der Waals surface area contributed by atoms with Gasteiger partial charge in [0.15, 0.2) is 16.7 Å². The highest BCUT2D eigenvalue weighted by atomic mass is 32.2. The predicted molar refractivity (Wildman–Crippen MR) is 110 cm³/mol. The quantitative estimate of drug-likeness (QED) is 0.762. The standard InChI is InChI=1S/C21H25N3O2S/c1-13(2)26-20-15(8-7-10-17(20)25-4)19-18(16-9-5-6-11-22-16)23-21-24(19)12-14(3)27-21/h5-11,13-14,18-19H,12H2,1-4H3. The van der Waals surface area contributed by atoms with Crippen molar-refractivity contribution in [2.45, 2.75) is 44.2 Å². The van der Waals surface area contributed by atoms with Gasteiger partial charge in [0.1, 0.15) is 6.04 Å². The molecule has 3 unspecified atom stereocenters. The van der Waals surface area contributed by atoms with E-state index in [4.69, 9.17) is 14.5 Å². The van der Waals surface area contributed by atoms with Crippen LogP contribution in [0.25, 0.3) is 0 Å². The molecule has 5 nitrogen and oxygen atoms in total. The number of aliphatic imine (C=N–C) groups is 1. The van der Waals surface area contributed by atoms with Crippen LogP contribution in [-0.4, -0.2) is 40.1 Å². The Morgan fingerprint density at radius 1 is 1.19 bits per heavy atom. The Hall–Kier alpha value is -2.21. The highest BCUT2D eigenvalue weighted by molar-refractivity contribution is 8.14. The van der Waals surface area contributed by atoms with Crippen LogP contribution in [0.5, 0.6) is 11.5 Å². The van der Waals surface area contributed by atoms with Crippen molar-refractivity contribution in [2.24, 2.45) is 4.99 Å². The Balaban J connectivity index is 1.83. The van der Waals surface area contributed by atoms with Crippen LogP contribution in [-0.2, 0) is 0 Å². The molecule has 0 radical (unpaired) electrons. The van der Waals surface area contributed by atoms with Crippen molar-refractivity contribution in [3.05, 3.63) is 53.9 Å². The maximum absolute atomic E-state index is 6.21. The highest BCUT2D eigenvalue weighted by Gasteiger charge is 2.45. The minimum absolute atomic E-state index is 0.0520. The summed E-state index contributed by atoms with van der Waals surface area (Å²) in [6, 6.07) is 12.1. The molecule has 6 heteroatoms. The van der Waals surface area contributed by atoms with Crippen LogP contribution in [0, 0.1) is 0 Å². The van der Waals surface area contributed by atoms with Crippen LogP contribution in [0.1, 0.15) is 44.1 Å². The number of para-hydroxylation sites is 1. The smallest absolute Gasteiger partial charge is 0.166 e. The molecule has 3 atom stereocenters. The van der Waals surface area contributed by atoms with Gasteiger partial charge in [-0.2, -0.15) is 0 Å². The van der Waals surface area contributed by atoms with E-state index >= 15 is 0 Å². The van der Waals surface area contributed by atoms with E-state index in [1.54, 1.807) is 7.11 Å². The summed E-state index contributed by atoms with van der Waals surface area (Å²) in [5, 5.41) is 1.62. The largest absolute Gasteiger partial charge is 0.493 e. The van der Waals surface area contributed by atoms with Crippen molar-refractivity contribution < 1.29 is 9.47 Å². The third-order valence-corrected chi connectivity index (χ3v) is 5.88. The number of hydrogen-bond acceptors (Lipinski definition) is 6. The summed E-state index contributed by atoms with van der Waals surface area (Å²) in [5.74, 6) is 1.57. The van der Waals surface area contributed by atoms with Crippen molar-refractivity contribution in [1.29, 1.82) is 0 Å². The molecule has 3 heterocycles. The van der Waals surface area contributed by atoms with Gasteiger partial charge in [0.05, 0.1) is 24.9 Å². The van der Waals surface area contributed by atoms with Crippen LogP contribution >= 0.6 is 11.8 Å². The molecule has 2 aromatic rings. The molecular formula is C21H25N3O2S. The molecule has 0 spiro atoms. The normalized spacial score (nSPS) is 24.1. The summed E-state index contributed by atoms with van der Waals surface area (Å²) in [7, 11) is 1.69. The number of fused-ring (bicyclic) bond motifs is 1. The van der Waals surface area contributed by atoms with Gasteiger partial charge in [0, 0.05) is 23.6 Å². The number of amidine groups is 1. The fourth-order valence-electron chi connectivity index (χ4n) is 3.74. The van der Waals surface area contributed by atoms with Crippen molar-refractivity contribution in [3.63, 3.8) is 0 Å². The van der Waals surface area contributed by atoms with Gasteiger partial charge < -0.3 is 14.4 Å². The molecule has 142 valence electrons. The van der Waals surface area contributed by atoms with Crippen LogP contribution in [0.2, 0.25) is 0 Å². The van der Waals surface area contributed by atoms with E-state index in [0.717, 1.165) is 34.5 Å². The number of rotatable bonds is 5. The lowest BCUT2D eigenvalue weighted by Gasteiger charge is -2.30. The topological polar surface area (TPSA) is 47.0 Å². The van der Waals surface area contributed by atoms with Gasteiger partial charge in [0.25, 0.3) is 0 Å². The Morgan fingerprint density at radius 3 is 2.74 bits per heavy atom. The van der Waals surface area contributed by atoms with Crippen LogP contribution < -0.4 is 9.47 Å². The first-order valence-corrected chi connectivity index (χ1v) is 10.2. The second kappa shape index (κ2) is 7.43. The second-order valence-electron chi connectivity index (χ2n) is 7.18. The van der Waals surface area contributed by atoms with E-state index in [1.807, 2.05) is 56.1 Å². The van der Waals surface area contributed by atoms with Crippen LogP contribution in [0.3, 0.4) is 0 Å². The number of pyridine rings is 1. The van der Waals surface area contributed by atoms with Gasteiger partial charge in [-0.05, 0) is 32.0 Å². The van der Waals surface area contributed by atoms with Crippen molar-refractivity contribution >= 4 is 16.9 Å². The van der Waals surface area contributed by atoms with Gasteiger partial charge in [-0.15, -0.1) is 0 Å². The number of benzene rings is 1. The lowest BCUT2D eigenvalue weighted by Crippen LogP contribution is -2.29. The molecule has 1 aromatic heterocycles.